The number of anilines is 1. The first-order valence-electron chi connectivity index (χ1n) is 8.83. The van der Waals surface area contributed by atoms with Crippen LogP contribution in [0.1, 0.15) is 26.3 Å². The van der Waals surface area contributed by atoms with Crippen LogP contribution in [-0.2, 0) is 6.18 Å². The van der Waals surface area contributed by atoms with Gasteiger partial charge in [0.2, 0.25) is 0 Å². The second-order valence-electron chi connectivity index (χ2n) is 6.44. The largest absolute Gasteiger partial charge is 0.496 e. The molecule has 0 saturated carbocycles. The quantitative estimate of drug-likeness (QED) is 0.562. The molecule has 0 atom stereocenters. The highest BCUT2D eigenvalue weighted by Crippen LogP contribution is 2.34. The van der Waals surface area contributed by atoms with Crippen LogP contribution in [0.25, 0.3) is 11.3 Å². The number of nitrogens with zero attached hydrogens (tertiary/aromatic N) is 1. The molecular weight excluding hydrogens is 437 g/mol. The number of alkyl halides is 3. The Morgan fingerprint density at radius 1 is 1.06 bits per heavy atom. The van der Waals surface area contributed by atoms with E-state index < -0.39 is 35.2 Å². The van der Waals surface area contributed by atoms with Crippen LogP contribution >= 0.6 is 0 Å². The molecule has 11 heteroatoms. The molecule has 2 amide bonds. The molecule has 3 N–H and O–H groups in total. The first-order valence-corrected chi connectivity index (χ1v) is 8.83. The van der Waals surface area contributed by atoms with E-state index in [2.05, 4.69) is 10.3 Å². The van der Waals surface area contributed by atoms with E-state index in [1.54, 1.807) is 0 Å². The monoisotopic (exact) mass is 451 g/mol. The summed E-state index contributed by atoms with van der Waals surface area (Å²) in [5.41, 5.74) is 2.69. The summed E-state index contributed by atoms with van der Waals surface area (Å²) in [5.74, 6) is -4.19. The van der Waals surface area contributed by atoms with Crippen LogP contribution in [0.5, 0.6) is 5.75 Å². The van der Waals surface area contributed by atoms with Crippen molar-refractivity contribution < 1.29 is 36.3 Å². The number of benzene rings is 2. The number of halogens is 5. The minimum Gasteiger partial charge on any atom is -0.496 e. The van der Waals surface area contributed by atoms with Crippen molar-refractivity contribution in [3.63, 3.8) is 0 Å². The number of hydrogen-bond acceptors (Lipinski definition) is 4. The highest BCUT2D eigenvalue weighted by atomic mass is 19.4. The number of pyridine rings is 1. The van der Waals surface area contributed by atoms with E-state index in [4.69, 9.17) is 10.5 Å². The third-order valence-corrected chi connectivity index (χ3v) is 4.39. The minimum absolute atomic E-state index is 0.0199. The molecule has 1 aromatic heterocycles. The SMILES string of the molecule is COc1ccnc(-c2cc(F)ccc2C(=O)Nc2ccc(F)c(C(F)(F)F)c2)c1C(N)=O. The summed E-state index contributed by atoms with van der Waals surface area (Å²) >= 11 is 0. The molecular formula is C21H14F5N3O3. The number of methoxy groups -OCH3 is 1. The van der Waals surface area contributed by atoms with Gasteiger partial charge >= 0.3 is 6.18 Å². The fraction of sp³-hybridized carbons (Fsp3) is 0.0952. The van der Waals surface area contributed by atoms with Crippen LogP contribution < -0.4 is 15.8 Å². The van der Waals surface area contributed by atoms with E-state index in [-0.39, 0.29) is 33.8 Å². The van der Waals surface area contributed by atoms with Crippen LogP contribution in [0.2, 0.25) is 0 Å². The second-order valence-corrected chi connectivity index (χ2v) is 6.44. The van der Waals surface area contributed by atoms with Crippen LogP contribution in [0.3, 0.4) is 0 Å². The minimum atomic E-state index is -4.98. The summed E-state index contributed by atoms with van der Waals surface area (Å²) in [4.78, 5) is 28.8. The van der Waals surface area contributed by atoms with Crippen molar-refractivity contribution in [1.82, 2.24) is 4.98 Å². The Hall–Kier alpha value is -4.02. The molecule has 0 fully saturated rings. The molecule has 32 heavy (non-hydrogen) atoms. The van der Waals surface area contributed by atoms with Gasteiger partial charge in [-0.05, 0) is 42.5 Å². The van der Waals surface area contributed by atoms with E-state index >= 15 is 0 Å². The van der Waals surface area contributed by atoms with Gasteiger partial charge in [0.05, 0.1) is 18.4 Å². The van der Waals surface area contributed by atoms with Crippen LogP contribution in [0, 0.1) is 11.6 Å². The lowest BCUT2D eigenvalue weighted by Crippen LogP contribution is -2.18. The molecule has 0 aliphatic carbocycles. The number of carbonyl (C=O) groups is 2. The number of rotatable bonds is 5. The maximum Gasteiger partial charge on any atom is 0.419 e. The molecule has 6 nitrogen and oxygen atoms in total. The summed E-state index contributed by atoms with van der Waals surface area (Å²) in [7, 11) is 1.26. The third-order valence-electron chi connectivity index (χ3n) is 4.39. The lowest BCUT2D eigenvalue weighted by molar-refractivity contribution is -0.139. The maximum absolute atomic E-state index is 14.0. The number of primary amides is 1. The van der Waals surface area contributed by atoms with E-state index in [0.29, 0.717) is 12.1 Å². The molecule has 0 radical (unpaired) electrons. The molecule has 3 rings (SSSR count). The normalized spacial score (nSPS) is 11.2. The van der Waals surface area contributed by atoms with Gasteiger partial charge in [0.15, 0.2) is 0 Å². The molecule has 0 unspecified atom stereocenters. The summed E-state index contributed by atoms with van der Waals surface area (Å²) in [6, 6.07) is 6.15. The zero-order valence-electron chi connectivity index (χ0n) is 16.3. The number of ether oxygens (including phenoxy) is 1. The molecule has 1 heterocycles. The number of hydrogen-bond donors (Lipinski definition) is 2. The standard InChI is InChI=1S/C21H14F5N3O3/c1-32-16-6-7-28-18(17(16)19(27)30)13-8-10(22)2-4-12(13)20(31)29-11-3-5-15(23)14(9-11)21(24,25)26/h2-9H,1H3,(H2,27,30)(H,29,31). The molecule has 0 bridgehead atoms. The van der Waals surface area contributed by atoms with Crippen LogP contribution in [0.4, 0.5) is 27.6 Å². The van der Waals surface area contributed by atoms with Crippen molar-refractivity contribution in [2.75, 3.05) is 12.4 Å². The Morgan fingerprint density at radius 3 is 2.41 bits per heavy atom. The molecule has 2 aromatic carbocycles. The molecule has 0 aliphatic rings. The van der Waals surface area contributed by atoms with Crippen molar-refractivity contribution in [3.05, 3.63) is 77.0 Å². The average Bonchev–Trinajstić information content (AvgIpc) is 2.73. The molecule has 0 spiro atoms. The number of carbonyl (C=O) groups excluding carboxylic acids is 2. The summed E-state index contributed by atoms with van der Waals surface area (Å²) in [6.45, 7) is 0. The van der Waals surface area contributed by atoms with Crippen molar-refractivity contribution in [2.45, 2.75) is 6.18 Å². The summed E-state index contributed by atoms with van der Waals surface area (Å²) in [5, 5.41) is 2.20. The number of nitrogens with one attached hydrogen (secondary N) is 1. The fourth-order valence-electron chi connectivity index (χ4n) is 2.99. The smallest absolute Gasteiger partial charge is 0.419 e. The van der Waals surface area contributed by atoms with Crippen LogP contribution in [0.15, 0.2) is 48.7 Å². The highest BCUT2D eigenvalue weighted by molar-refractivity contribution is 6.10. The van der Waals surface area contributed by atoms with Crippen LogP contribution in [-0.4, -0.2) is 23.9 Å². The lowest BCUT2D eigenvalue weighted by atomic mass is 9.98. The van der Waals surface area contributed by atoms with E-state index in [0.717, 1.165) is 24.3 Å². The highest BCUT2D eigenvalue weighted by Gasteiger charge is 2.34. The van der Waals surface area contributed by atoms with Crippen molar-refractivity contribution >= 4 is 17.5 Å². The molecule has 3 aromatic rings. The Bertz CT molecular complexity index is 1210. The van der Waals surface area contributed by atoms with Crippen molar-refractivity contribution in [2.24, 2.45) is 5.73 Å². The van der Waals surface area contributed by atoms with E-state index in [1.165, 1.54) is 19.4 Å². The summed E-state index contributed by atoms with van der Waals surface area (Å²) < 4.78 is 71.4. The summed E-state index contributed by atoms with van der Waals surface area (Å²) in [6.07, 6.45) is -3.74. The van der Waals surface area contributed by atoms with Gasteiger partial charge in [0.25, 0.3) is 11.8 Å². The molecule has 0 aliphatic heterocycles. The van der Waals surface area contributed by atoms with Gasteiger partial charge in [-0.25, -0.2) is 8.78 Å². The Morgan fingerprint density at radius 2 is 1.78 bits per heavy atom. The maximum atomic E-state index is 14.0. The first-order chi connectivity index (χ1) is 15.0. The predicted molar refractivity (Wildman–Crippen MR) is 104 cm³/mol. The van der Waals surface area contributed by atoms with Gasteiger partial charge in [-0.2, -0.15) is 13.2 Å². The van der Waals surface area contributed by atoms with Gasteiger partial charge in [-0.1, -0.05) is 0 Å². The second kappa shape index (κ2) is 8.61. The first kappa shape index (κ1) is 22.7. The molecule has 166 valence electrons. The zero-order chi connectivity index (χ0) is 23.6. The lowest BCUT2D eigenvalue weighted by Gasteiger charge is -2.15. The average molecular weight is 451 g/mol. The Balaban J connectivity index is 2.09. The van der Waals surface area contributed by atoms with Crippen molar-refractivity contribution in [3.8, 4) is 17.0 Å². The topological polar surface area (TPSA) is 94.3 Å². The van der Waals surface area contributed by atoms with E-state index in [9.17, 15) is 31.5 Å². The van der Waals surface area contributed by atoms with Gasteiger partial charge in [-0.15, -0.1) is 0 Å². The zero-order valence-corrected chi connectivity index (χ0v) is 16.3. The molecule has 0 saturated heterocycles. The number of nitrogens with two attached hydrogens (primary N) is 1. The Labute approximate surface area is 177 Å². The number of aromatic nitrogens is 1. The van der Waals surface area contributed by atoms with Gasteiger partial charge in [-0.3, -0.25) is 14.6 Å². The van der Waals surface area contributed by atoms with Gasteiger partial charge in [0, 0.05) is 23.0 Å². The predicted octanol–water partition coefficient (Wildman–Crippen LogP) is 4.41. The van der Waals surface area contributed by atoms with Gasteiger partial charge < -0.3 is 15.8 Å². The Kier molecular flexibility index (Phi) is 6.10. The van der Waals surface area contributed by atoms with E-state index in [1.807, 2.05) is 0 Å². The van der Waals surface area contributed by atoms with Gasteiger partial charge in [0.1, 0.15) is 22.9 Å². The fourth-order valence-corrected chi connectivity index (χ4v) is 2.99. The third kappa shape index (κ3) is 4.51. The number of amides is 2. The van der Waals surface area contributed by atoms with Crippen molar-refractivity contribution in [1.29, 1.82) is 0 Å².